The van der Waals surface area contributed by atoms with Crippen LogP contribution in [-0.4, -0.2) is 27.1 Å². The Balaban J connectivity index is 1.52. The second kappa shape index (κ2) is 6.57. The molecule has 1 aliphatic heterocycles. The molecule has 1 aliphatic carbocycles. The number of hydrogen-bond acceptors (Lipinski definition) is 4. The summed E-state index contributed by atoms with van der Waals surface area (Å²) >= 11 is 0. The Morgan fingerprint density at radius 3 is 2.81 bits per heavy atom. The smallest absolute Gasteiger partial charge is 0.265 e. The molecule has 1 amide bonds. The SMILES string of the molecule is O=C(CN1c2cccc3cccc(c23)S1(=O)=O)N/N=C\[C@@H]1CC=CCC1. The molecule has 6 nitrogen and oxygen atoms in total. The molecule has 1 atom stereocenters. The average molecular weight is 369 g/mol. The zero-order chi connectivity index (χ0) is 18.1. The summed E-state index contributed by atoms with van der Waals surface area (Å²) in [4.78, 5) is 12.5. The summed E-state index contributed by atoms with van der Waals surface area (Å²) in [5.74, 6) is -0.144. The summed E-state index contributed by atoms with van der Waals surface area (Å²) in [5.41, 5.74) is 2.99. The number of hydrazone groups is 1. The Kier molecular flexibility index (Phi) is 4.24. The lowest BCUT2D eigenvalue weighted by Crippen LogP contribution is -2.37. The fraction of sp³-hybridized carbons (Fsp3) is 0.263. The van der Waals surface area contributed by atoms with Crippen LogP contribution in [0, 0.1) is 5.92 Å². The molecular formula is C19H19N3O3S. The Bertz CT molecular complexity index is 1020. The number of carbonyl (C=O) groups excluding carboxylic acids is 1. The van der Waals surface area contributed by atoms with Crippen molar-refractivity contribution in [3.63, 3.8) is 0 Å². The number of sulfonamides is 1. The summed E-state index contributed by atoms with van der Waals surface area (Å²) in [5, 5.41) is 5.51. The molecule has 2 aromatic rings. The van der Waals surface area contributed by atoms with Crippen LogP contribution in [0.4, 0.5) is 5.69 Å². The lowest BCUT2D eigenvalue weighted by atomic mass is 9.96. The minimum Gasteiger partial charge on any atom is -0.271 e. The molecular weight excluding hydrogens is 350 g/mol. The number of hydrogen-bond donors (Lipinski definition) is 1. The zero-order valence-electron chi connectivity index (χ0n) is 14.1. The van der Waals surface area contributed by atoms with E-state index in [1.54, 1.807) is 30.5 Å². The van der Waals surface area contributed by atoms with Crippen molar-refractivity contribution in [2.45, 2.75) is 24.2 Å². The van der Waals surface area contributed by atoms with E-state index in [9.17, 15) is 13.2 Å². The molecule has 4 rings (SSSR count). The van der Waals surface area contributed by atoms with Crippen molar-refractivity contribution in [2.24, 2.45) is 11.0 Å². The molecule has 2 aliphatic rings. The largest absolute Gasteiger partial charge is 0.271 e. The molecule has 0 radical (unpaired) electrons. The minimum absolute atomic E-state index is 0.246. The van der Waals surface area contributed by atoms with Gasteiger partial charge in [0.25, 0.3) is 15.9 Å². The van der Waals surface area contributed by atoms with Crippen molar-refractivity contribution in [1.82, 2.24) is 5.43 Å². The fourth-order valence-electron chi connectivity index (χ4n) is 3.46. The predicted octanol–water partition coefficient (Wildman–Crippen LogP) is 2.81. The van der Waals surface area contributed by atoms with E-state index in [1.807, 2.05) is 12.1 Å². The van der Waals surface area contributed by atoms with E-state index in [0.29, 0.717) is 17.0 Å². The van der Waals surface area contributed by atoms with Crippen molar-refractivity contribution in [1.29, 1.82) is 0 Å². The first kappa shape index (κ1) is 16.8. The van der Waals surface area contributed by atoms with Crippen molar-refractivity contribution in [3.05, 3.63) is 48.6 Å². The van der Waals surface area contributed by atoms with E-state index in [-0.39, 0.29) is 11.4 Å². The van der Waals surface area contributed by atoms with Gasteiger partial charge in [0.15, 0.2) is 0 Å². The molecule has 0 bridgehead atoms. The van der Waals surface area contributed by atoms with Crippen LogP contribution in [0.25, 0.3) is 10.8 Å². The number of nitrogens with one attached hydrogen (secondary N) is 1. The van der Waals surface area contributed by atoms with E-state index in [4.69, 9.17) is 0 Å². The van der Waals surface area contributed by atoms with Gasteiger partial charge in [0, 0.05) is 11.6 Å². The van der Waals surface area contributed by atoms with Crippen molar-refractivity contribution in [2.75, 3.05) is 10.8 Å². The number of rotatable bonds is 4. The Hall–Kier alpha value is -2.67. The second-order valence-electron chi connectivity index (χ2n) is 6.50. The van der Waals surface area contributed by atoms with E-state index >= 15 is 0 Å². The third-order valence-corrected chi connectivity index (χ3v) is 6.55. The predicted molar refractivity (Wildman–Crippen MR) is 102 cm³/mol. The molecule has 7 heteroatoms. The highest BCUT2D eigenvalue weighted by atomic mass is 32.2. The van der Waals surface area contributed by atoms with Crippen LogP contribution in [0.2, 0.25) is 0 Å². The molecule has 2 aromatic carbocycles. The maximum absolute atomic E-state index is 12.8. The van der Waals surface area contributed by atoms with Gasteiger partial charge in [-0.3, -0.25) is 9.10 Å². The van der Waals surface area contributed by atoms with E-state index in [1.165, 1.54) is 0 Å². The van der Waals surface area contributed by atoms with Gasteiger partial charge in [0.2, 0.25) is 0 Å². The lowest BCUT2D eigenvalue weighted by molar-refractivity contribution is -0.119. The number of carbonyl (C=O) groups is 1. The molecule has 26 heavy (non-hydrogen) atoms. The number of benzene rings is 2. The normalized spacial score (nSPS) is 20.8. The maximum atomic E-state index is 12.8. The van der Waals surface area contributed by atoms with Crippen LogP contribution in [0.3, 0.4) is 0 Å². The van der Waals surface area contributed by atoms with Crippen LogP contribution in [0.5, 0.6) is 0 Å². The van der Waals surface area contributed by atoms with Gasteiger partial charge in [-0.1, -0.05) is 36.4 Å². The Morgan fingerprint density at radius 2 is 2.04 bits per heavy atom. The summed E-state index contributed by atoms with van der Waals surface area (Å²) in [6.07, 6.45) is 8.91. The van der Waals surface area contributed by atoms with Crippen LogP contribution in [0.15, 0.2) is 58.5 Å². The van der Waals surface area contributed by atoms with Gasteiger partial charge in [0.1, 0.15) is 6.54 Å². The monoisotopic (exact) mass is 369 g/mol. The van der Waals surface area contributed by atoms with Gasteiger partial charge in [0.05, 0.1) is 10.6 Å². The lowest BCUT2D eigenvalue weighted by Gasteiger charge is -2.17. The molecule has 1 N–H and O–H groups in total. The summed E-state index contributed by atoms with van der Waals surface area (Å²) in [7, 11) is -3.73. The highest BCUT2D eigenvalue weighted by molar-refractivity contribution is 7.93. The van der Waals surface area contributed by atoms with E-state index in [2.05, 4.69) is 22.7 Å². The van der Waals surface area contributed by atoms with Gasteiger partial charge >= 0.3 is 0 Å². The number of amides is 1. The summed E-state index contributed by atoms with van der Waals surface area (Å²) < 4.78 is 26.8. The fourth-order valence-corrected chi connectivity index (χ4v) is 5.13. The van der Waals surface area contributed by atoms with Crippen molar-refractivity contribution < 1.29 is 13.2 Å². The molecule has 0 saturated heterocycles. The highest BCUT2D eigenvalue weighted by Gasteiger charge is 2.36. The Labute approximate surface area is 152 Å². The quantitative estimate of drug-likeness (QED) is 0.511. The number of anilines is 1. The first-order chi connectivity index (χ1) is 12.6. The maximum Gasteiger partial charge on any atom is 0.265 e. The Morgan fingerprint density at radius 1 is 1.23 bits per heavy atom. The van der Waals surface area contributed by atoms with E-state index in [0.717, 1.165) is 29.0 Å². The number of allylic oxidation sites excluding steroid dienone is 2. The first-order valence-electron chi connectivity index (χ1n) is 8.59. The van der Waals surface area contributed by atoms with Crippen LogP contribution in [0.1, 0.15) is 19.3 Å². The topological polar surface area (TPSA) is 78.8 Å². The van der Waals surface area contributed by atoms with Crippen LogP contribution >= 0.6 is 0 Å². The van der Waals surface area contributed by atoms with Gasteiger partial charge in [-0.15, -0.1) is 0 Å². The van der Waals surface area contributed by atoms with Gasteiger partial charge in [-0.25, -0.2) is 13.8 Å². The van der Waals surface area contributed by atoms with Crippen LogP contribution < -0.4 is 9.73 Å². The second-order valence-corrected chi connectivity index (χ2v) is 8.33. The molecule has 0 fully saturated rings. The van der Waals surface area contributed by atoms with Gasteiger partial charge in [-0.05, 0) is 42.7 Å². The number of nitrogens with zero attached hydrogens (tertiary/aromatic N) is 2. The van der Waals surface area contributed by atoms with E-state index < -0.39 is 15.9 Å². The zero-order valence-corrected chi connectivity index (χ0v) is 14.9. The summed E-state index contributed by atoms with van der Waals surface area (Å²) in [6.45, 7) is -0.294. The van der Waals surface area contributed by atoms with Crippen LogP contribution in [-0.2, 0) is 14.8 Å². The third-order valence-electron chi connectivity index (χ3n) is 4.75. The first-order valence-corrected chi connectivity index (χ1v) is 10.0. The molecule has 0 unspecified atom stereocenters. The standard InChI is InChI=1S/C19H19N3O3S/c23-18(21-20-12-14-6-2-1-3-7-14)13-22-16-10-4-8-15-9-5-11-17(19(15)16)26(22,24)25/h1-2,4-5,8-12,14H,3,6-7,13H2,(H,21,23)/b20-12-/t14-/m1/s1. The van der Waals surface area contributed by atoms with Crippen molar-refractivity contribution >= 4 is 38.6 Å². The van der Waals surface area contributed by atoms with Gasteiger partial charge < -0.3 is 0 Å². The van der Waals surface area contributed by atoms with Crippen molar-refractivity contribution in [3.8, 4) is 0 Å². The molecule has 0 spiro atoms. The third kappa shape index (κ3) is 2.88. The highest BCUT2D eigenvalue weighted by Crippen LogP contribution is 2.41. The van der Waals surface area contributed by atoms with Gasteiger partial charge in [-0.2, -0.15) is 5.10 Å². The molecule has 134 valence electrons. The minimum atomic E-state index is -3.73. The molecule has 1 heterocycles. The average Bonchev–Trinajstić information content (AvgIpc) is 2.86. The molecule has 0 aromatic heterocycles. The summed E-state index contributed by atoms with van der Waals surface area (Å²) in [6, 6.07) is 10.5. The molecule has 0 saturated carbocycles.